The van der Waals surface area contributed by atoms with Gasteiger partial charge in [-0.1, -0.05) is 37.5 Å². The molecule has 1 heterocycles. The van der Waals surface area contributed by atoms with Crippen molar-refractivity contribution in [3.8, 4) is 0 Å². The number of rotatable bonds is 5. The number of anilines is 2. The number of hydrogen-bond acceptors (Lipinski definition) is 4. The van der Waals surface area contributed by atoms with Gasteiger partial charge in [0.1, 0.15) is 5.82 Å². The number of benzene rings is 1. The molecule has 6 heteroatoms. The minimum absolute atomic E-state index is 0.240. The van der Waals surface area contributed by atoms with Gasteiger partial charge in [0.15, 0.2) is 0 Å². The van der Waals surface area contributed by atoms with E-state index in [4.69, 9.17) is 0 Å². The first-order valence-electron chi connectivity index (χ1n) is 7.94. The Labute approximate surface area is 137 Å². The zero-order valence-electron chi connectivity index (χ0n) is 12.9. The van der Waals surface area contributed by atoms with E-state index < -0.39 is 10.0 Å². The smallest absolute Gasteiger partial charge is 0.261 e. The van der Waals surface area contributed by atoms with E-state index >= 15 is 0 Å². The van der Waals surface area contributed by atoms with Crippen molar-refractivity contribution in [3.63, 3.8) is 0 Å². The second kappa shape index (κ2) is 7.00. The van der Waals surface area contributed by atoms with Gasteiger partial charge < -0.3 is 5.32 Å². The van der Waals surface area contributed by atoms with Crippen LogP contribution in [0.2, 0.25) is 0 Å². The largest absolute Gasteiger partial charge is 0.367 e. The standard InChI is InChI=1S/C17H21N3O2S/c21-23(22,16-9-5-2-6-10-16)20-15-11-12-17(18-13-15)19-14-7-3-1-4-8-14/h2,5-6,9-14,20H,1,3-4,7-8H2,(H,18,19). The summed E-state index contributed by atoms with van der Waals surface area (Å²) >= 11 is 0. The van der Waals surface area contributed by atoms with Crippen LogP contribution < -0.4 is 10.0 Å². The molecule has 0 saturated heterocycles. The second-order valence-corrected chi connectivity index (χ2v) is 7.51. The van der Waals surface area contributed by atoms with Crippen LogP contribution in [0.15, 0.2) is 53.6 Å². The SMILES string of the molecule is O=S(=O)(Nc1ccc(NC2CCCCC2)nc1)c1ccccc1. The quantitative estimate of drug-likeness (QED) is 0.878. The molecular weight excluding hydrogens is 310 g/mol. The Morgan fingerprint density at radius 3 is 2.35 bits per heavy atom. The van der Waals surface area contributed by atoms with E-state index in [-0.39, 0.29) is 4.90 Å². The number of hydrogen-bond donors (Lipinski definition) is 2. The maximum absolute atomic E-state index is 12.2. The van der Waals surface area contributed by atoms with Crippen LogP contribution in [-0.2, 0) is 10.0 Å². The van der Waals surface area contributed by atoms with Crippen LogP contribution >= 0.6 is 0 Å². The molecule has 1 aromatic carbocycles. The number of aromatic nitrogens is 1. The summed E-state index contributed by atoms with van der Waals surface area (Å²) in [5, 5.41) is 3.41. The van der Waals surface area contributed by atoms with E-state index in [1.807, 2.05) is 6.07 Å². The molecule has 0 atom stereocenters. The van der Waals surface area contributed by atoms with E-state index in [9.17, 15) is 8.42 Å². The minimum Gasteiger partial charge on any atom is -0.367 e. The Balaban J connectivity index is 1.65. The number of sulfonamides is 1. The third-order valence-corrected chi connectivity index (χ3v) is 5.42. The zero-order chi connectivity index (χ0) is 16.1. The van der Waals surface area contributed by atoms with Crippen molar-refractivity contribution < 1.29 is 8.42 Å². The van der Waals surface area contributed by atoms with Crippen molar-refractivity contribution in [3.05, 3.63) is 48.7 Å². The summed E-state index contributed by atoms with van der Waals surface area (Å²) in [5.41, 5.74) is 0.461. The predicted octanol–water partition coefficient (Wildman–Crippen LogP) is 3.63. The third-order valence-electron chi connectivity index (χ3n) is 4.03. The fourth-order valence-electron chi connectivity index (χ4n) is 2.81. The van der Waals surface area contributed by atoms with Gasteiger partial charge >= 0.3 is 0 Å². The van der Waals surface area contributed by atoms with Gasteiger partial charge in [-0.2, -0.15) is 0 Å². The fourth-order valence-corrected chi connectivity index (χ4v) is 3.87. The van der Waals surface area contributed by atoms with Crippen LogP contribution in [0.3, 0.4) is 0 Å². The lowest BCUT2D eigenvalue weighted by Crippen LogP contribution is -2.22. The molecule has 1 saturated carbocycles. The number of nitrogens with one attached hydrogen (secondary N) is 2. The number of nitrogens with zero attached hydrogens (tertiary/aromatic N) is 1. The molecule has 122 valence electrons. The molecule has 1 aliphatic carbocycles. The molecule has 2 N–H and O–H groups in total. The molecule has 23 heavy (non-hydrogen) atoms. The maximum atomic E-state index is 12.2. The summed E-state index contributed by atoms with van der Waals surface area (Å²) in [6.45, 7) is 0. The highest BCUT2D eigenvalue weighted by molar-refractivity contribution is 7.92. The molecule has 0 radical (unpaired) electrons. The molecule has 5 nitrogen and oxygen atoms in total. The average Bonchev–Trinajstić information content (AvgIpc) is 2.58. The van der Waals surface area contributed by atoms with Crippen molar-refractivity contribution in [2.24, 2.45) is 0 Å². The van der Waals surface area contributed by atoms with Crippen molar-refractivity contribution in [1.29, 1.82) is 0 Å². The Hall–Kier alpha value is -2.08. The fraction of sp³-hybridized carbons (Fsp3) is 0.353. The lowest BCUT2D eigenvalue weighted by atomic mass is 9.95. The number of pyridine rings is 1. The van der Waals surface area contributed by atoms with E-state index in [1.54, 1.807) is 42.6 Å². The molecular formula is C17H21N3O2S. The lowest BCUT2D eigenvalue weighted by Gasteiger charge is -2.23. The van der Waals surface area contributed by atoms with Gasteiger partial charge in [0.05, 0.1) is 16.8 Å². The van der Waals surface area contributed by atoms with Gasteiger partial charge in [-0.25, -0.2) is 13.4 Å². The van der Waals surface area contributed by atoms with Crippen LogP contribution in [0.25, 0.3) is 0 Å². The van der Waals surface area contributed by atoms with Crippen LogP contribution in [0, 0.1) is 0 Å². The highest BCUT2D eigenvalue weighted by Gasteiger charge is 2.15. The molecule has 1 aromatic heterocycles. The van der Waals surface area contributed by atoms with Gasteiger partial charge in [0.2, 0.25) is 0 Å². The molecule has 0 spiro atoms. The third kappa shape index (κ3) is 4.22. The second-order valence-electron chi connectivity index (χ2n) is 5.83. The van der Waals surface area contributed by atoms with Gasteiger partial charge in [0.25, 0.3) is 10.0 Å². The summed E-state index contributed by atoms with van der Waals surface area (Å²) in [6.07, 6.45) is 7.71. The van der Waals surface area contributed by atoms with E-state index in [0.29, 0.717) is 11.7 Å². The van der Waals surface area contributed by atoms with Crippen molar-refractivity contribution in [2.45, 2.75) is 43.0 Å². The Morgan fingerprint density at radius 2 is 1.70 bits per heavy atom. The maximum Gasteiger partial charge on any atom is 0.261 e. The Kier molecular flexibility index (Phi) is 4.81. The highest BCUT2D eigenvalue weighted by atomic mass is 32.2. The van der Waals surface area contributed by atoms with E-state index in [2.05, 4.69) is 15.0 Å². The normalized spacial score (nSPS) is 16.0. The summed E-state index contributed by atoms with van der Waals surface area (Å²) in [4.78, 5) is 4.55. The van der Waals surface area contributed by atoms with Crippen LogP contribution in [0.1, 0.15) is 32.1 Å². The molecule has 1 fully saturated rings. The molecule has 0 amide bonds. The summed E-state index contributed by atoms with van der Waals surface area (Å²) in [5.74, 6) is 0.791. The van der Waals surface area contributed by atoms with Crippen molar-refractivity contribution >= 4 is 21.5 Å². The first-order valence-corrected chi connectivity index (χ1v) is 9.42. The highest BCUT2D eigenvalue weighted by Crippen LogP contribution is 2.22. The van der Waals surface area contributed by atoms with Gasteiger partial charge in [-0.3, -0.25) is 4.72 Å². The Morgan fingerprint density at radius 1 is 0.957 bits per heavy atom. The molecule has 0 aliphatic heterocycles. The molecule has 0 unspecified atom stereocenters. The van der Waals surface area contributed by atoms with E-state index in [0.717, 1.165) is 5.82 Å². The van der Waals surface area contributed by atoms with Gasteiger partial charge in [-0.05, 0) is 37.1 Å². The predicted molar refractivity (Wildman–Crippen MR) is 92.0 cm³/mol. The van der Waals surface area contributed by atoms with Crippen molar-refractivity contribution in [1.82, 2.24) is 4.98 Å². The molecule has 0 bridgehead atoms. The molecule has 2 aromatic rings. The van der Waals surface area contributed by atoms with Crippen LogP contribution in [-0.4, -0.2) is 19.4 Å². The zero-order valence-corrected chi connectivity index (χ0v) is 13.7. The summed E-state index contributed by atoms with van der Waals surface area (Å²) in [6, 6.07) is 12.3. The lowest BCUT2D eigenvalue weighted by molar-refractivity contribution is 0.462. The average molecular weight is 331 g/mol. The topological polar surface area (TPSA) is 71.1 Å². The first-order chi connectivity index (χ1) is 11.1. The van der Waals surface area contributed by atoms with Crippen molar-refractivity contribution in [2.75, 3.05) is 10.0 Å². The Bertz CT molecular complexity index is 724. The summed E-state index contributed by atoms with van der Waals surface area (Å²) in [7, 11) is -3.56. The monoisotopic (exact) mass is 331 g/mol. The van der Waals surface area contributed by atoms with Gasteiger partial charge in [0, 0.05) is 6.04 Å². The minimum atomic E-state index is -3.56. The molecule has 1 aliphatic rings. The van der Waals surface area contributed by atoms with E-state index in [1.165, 1.54) is 32.1 Å². The van der Waals surface area contributed by atoms with Gasteiger partial charge in [-0.15, -0.1) is 0 Å². The summed E-state index contributed by atoms with van der Waals surface area (Å²) < 4.78 is 27.0. The van der Waals surface area contributed by atoms with Crippen LogP contribution in [0.4, 0.5) is 11.5 Å². The molecule has 3 rings (SSSR count). The van der Waals surface area contributed by atoms with Crippen LogP contribution in [0.5, 0.6) is 0 Å². The first kappa shape index (κ1) is 15.8.